The maximum absolute atomic E-state index is 12.8. The van der Waals surface area contributed by atoms with E-state index in [1.807, 2.05) is 30.3 Å². The number of nitrogens with zero attached hydrogens (tertiary/aromatic N) is 2. The lowest BCUT2D eigenvalue weighted by molar-refractivity contribution is 0.0953. The molecule has 0 aliphatic rings. The van der Waals surface area contributed by atoms with Crippen LogP contribution < -0.4 is 15.7 Å². The quantitative estimate of drug-likeness (QED) is 0.487. The van der Waals surface area contributed by atoms with Gasteiger partial charge >= 0.3 is 0 Å². The van der Waals surface area contributed by atoms with Gasteiger partial charge in [0.1, 0.15) is 11.3 Å². The maximum atomic E-state index is 12.8. The third-order valence-corrected chi connectivity index (χ3v) is 4.91. The Morgan fingerprint density at radius 2 is 1.84 bits per heavy atom. The second-order valence-corrected chi connectivity index (χ2v) is 8.28. The largest absolute Gasteiger partial charge is 0.497 e. The van der Waals surface area contributed by atoms with Crippen molar-refractivity contribution in [2.75, 3.05) is 7.11 Å². The van der Waals surface area contributed by atoms with Crippen molar-refractivity contribution in [2.45, 2.75) is 32.7 Å². The van der Waals surface area contributed by atoms with Gasteiger partial charge < -0.3 is 9.30 Å². The number of pyridine rings is 1. The molecule has 1 N–H and O–H groups in total. The molecule has 6 nitrogen and oxygen atoms in total. The zero-order valence-corrected chi connectivity index (χ0v) is 18.3. The summed E-state index contributed by atoms with van der Waals surface area (Å²) in [6, 6.07) is 18.6. The van der Waals surface area contributed by atoms with E-state index in [0.717, 1.165) is 11.1 Å². The lowest BCUT2D eigenvalue weighted by atomic mass is 9.87. The Bertz CT molecular complexity index is 1140. The molecule has 31 heavy (non-hydrogen) atoms. The number of methoxy groups -OCH3 is 1. The highest BCUT2D eigenvalue weighted by atomic mass is 16.5. The Morgan fingerprint density at radius 1 is 1.10 bits per heavy atom. The Hall–Kier alpha value is -3.67. The van der Waals surface area contributed by atoms with Gasteiger partial charge in [0, 0.05) is 6.20 Å². The molecule has 160 valence electrons. The summed E-state index contributed by atoms with van der Waals surface area (Å²) in [6.45, 7) is 6.86. The van der Waals surface area contributed by atoms with Crippen LogP contribution in [0.3, 0.4) is 0 Å². The van der Waals surface area contributed by atoms with Gasteiger partial charge in [-0.1, -0.05) is 57.2 Å². The van der Waals surface area contributed by atoms with Crippen LogP contribution in [0.1, 0.15) is 47.8 Å². The Balaban J connectivity index is 1.71. The molecular formula is C25H27N3O3. The second kappa shape index (κ2) is 9.43. The summed E-state index contributed by atoms with van der Waals surface area (Å²) in [5.74, 6) is 0.137. The van der Waals surface area contributed by atoms with Crippen molar-refractivity contribution < 1.29 is 9.53 Å². The van der Waals surface area contributed by atoms with Crippen LogP contribution in [0.4, 0.5) is 0 Å². The lowest BCUT2D eigenvalue weighted by Crippen LogP contribution is -2.30. The average molecular weight is 418 g/mol. The van der Waals surface area contributed by atoms with Crippen LogP contribution in [0.25, 0.3) is 0 Å². The predicted octanol–water partition coefficient (Wildman–Crippen LogP) is 3.97. The first-order valence-corrected chi connectivity index (χ1v) is 10.0. The topological polar surface area (TPSA) is 72.7 Å². The molecule has 0 aliphatic carbocycles. The molecular weight excluding hydrogens is 390 g/mol. The van der Waals surface area contributed by atoms with Crippen LogP contribution in [0.2, 0.25) is 0 Å². The second-order valence-electron chi connectivity index (χ2n) is 8.28. The number of nitrogens with one attached hydrogen (secondary N) is 1. The van der Waals surface area contributed by atoms with Gasteiger partial charge in [-0.3, -0.25) is 9.59 Å². The number of carbonyl (C=O) groups excluding carboxylic acids is 1. The molecule has 0 unspecified atom stereocenters. The van der Waals surface area contributed by atoms with Crippen molar-refractivity contribution in [2.24, 2.45) is 5.10 Å². The Morgan fingerprint density at radius 3 is 2.52 bits per heavy atom. The first-order chi connectivity index (χ1) is 14.8. The number of benzene rings is 2. The number of amides is 1. The minimum atomic E-state index is -0.554. The number of ether oxygens (including phenoxy) is 1. The lowest BCUT2D eigenvalue weighted by Gasteiger charge is -2.19. The van der Waals surface area contributed by atoms with E-state index in [2.05, 4.69) is 43.4 Å². The minimum absolute atomic E-state index is 0.0385. The van der Waals surface area contributed by atoms with Gasteiger partial charge in [0.15, 0.2) is 0 Å². The van der Waals surface area contributed by atoms with Crippen LogP contribution in [0.15, 0.2) is 76.8 Å². The summed E-state index contributed by atoms with van der Waals surface area (Å²) in [7, 11) is 1.58. The molecule has 1 amide bonds. The summed E-state index contributed by atoms with van der Waals surface area (Å²) in [4.78, 5) is 25.3. The molecule has 1 heterocycles. The van der Waals surface area contributed by atoms with Gasteiger partial charge in [-0.25, -0.2) is 5.43 Å². The van der Waals surface area contributed by atoms with Crippen LogP contribution in [0.5, 0.6) is 5.75 Å². The van der Waals surface area contributed by atoms with Gasteiger partial charge in [-0.2, -0.15) is 5.10 Å². The molecule has 0 saturated heterocycles. The van der Waals surface area contributed by atoms with E-state index in [4.69, 9.17) is 4.74 Å². The number of hydrogen-bond donors (Lipinski definition) is 1. The fourth-order valence-corrected chi connectivity index (χ4v) is 3.09. The molecule has 2 aromatic carbocycles. The van der Waals surface area contributed by atoms with E-state index >= 15 is 0 Å². The molecule has 0 aliphatic heterocycles. The van der Waals surface area contributed by atoms with Gasteiger partial charge in [-0.05, 0) is 46.4 Å². The van der Waals surface area contributed by atoms with Crippen molar-refractivity contribution >= 4 is 12.1 Å². The van der Waals surface area contributed by atoms with Crippen molar-refractivity contribution in [3.63, 3.8) is 0 Å². The molecule has 3 aromatic rings. The summed E-state index contributed by atoms with van der Waals surface area (Å²) < 4.78 is 6.68. The highest BCUT2D eigenvalue weighted by Crippen LogP contribution is 2.22. The Labute approximate surface area is 182 Å². The van der Waals surface area contributed by atoms with E-state index < -0.39 is 5.91 Å². The average Bonchev–Trinajstić information content (AvgIpc) is 2.75. The molecule has 0 spiro atoms. The van der Waals surface area contributed by atoms with Crippen molar-refractivity contribution in [3.05, 3.63) is 99.5 Å². The summed E-state index contributed by atoms with van der Waals surface area (Å²) >= 11 is 0. The molecule has 1 aromatic heterocycles. The molecule has 0 atom stereocenters. The van der Waals surface area contributed by atoms with Gasteiger partial charge in [0.25, 0.3) is 11.5 Å². The fourth-order valence-electron chi connectivity index (χ4n) is 3.09. The van der Waals surface area contributed by atoms with Crippen molar-refractivity contribution in [3.8, 4) is 5.75 Å². The van der Waals surface area contributed by atoms with Crippen LogP contribution in [0, 0.1) is 0 Å². The van der Waals surface area contributed by atoms with Gasteiger partial charge in [0.2, 0.25) is 0 Å². The third-order valence-electron chi connectivity index (χ3n) is 4.91. The van der Waals surface area contributed by atoms with Crippen molar-refractivity contribution in [1.82, 2.24) is 9.99 Å². The van der Waals surface area contributed by atoms with E-state index in [0.29, 0.717) is 12.3 Å². The number of carbonyl (C=O) groups is 1. The molecule has 6 heteroatoms. The normalized spacial score (nSPS) is 11.5. The van der Waals surface area contributed by atoms with E-state index in [1.165, 1.54) is 22.4 Å². The fraction of sp³-hybridized carbons (Fsp3) is 0.240. The van der Waals surface area contributed by atoms with Gasteiger partial charge in [0.05, 0.1) is 19.9 Å². The molecule has 0 bridgehead atoms. The van der Waals surface area contributed by atoms with E-state index in [-0.39, 0.29) is 16.5 Å². The zero-order chi connectivity index (χ0) is 22.4. The van der Waals surface area contributed by atoms with Gasteiger partial charge in [-0.15, -0.1) is 0 Å². The minimum Gasteiger partial charge on any atom is -0.497 e. The number of aromatic nitrogens is 1. The molecule has 0 saturated carbocycles. The molecule has 0 radical (unpaired) electrons. The van der Waals surface area contributed by atoms with Crippen molar-refractivity contribution in [1.29, 1.82) is 0 Å². The number of rotatable bonds is 6. The van der Waals surface area contributed by atoms with Crippen LogP contribution in [-0.4, -0.2) is 23.8 Å². The first-order valence-electron chi connectivity index (χ1n) is 10.0. The summed E-state index contributed by atoms with van der Waals surface area (Å²) in [6.07, 6.45) is 3.18. The number of hydrogen-bond acceptors (Lipinski definition) is 4. The zero-order valence-electron chi connectivity index (χ0n) is 18.3. The molecule has 0 fully saturated rings. The standard InChI is InChI=1S/C25H27N3O3/c1-25(2,3)20-12-10-18(11-13-20)17-28-14-6-9-22(24(28)30)23(29)27-26-16-19-7-5-8-21(15-19)31-4/h5-16H,17H2,1-4H3,(H,27,29)/b26-16-. The van der Waals surface area contributed by atoms with Crippen LogP contribution >= 0.6 is 0 Å². The smallest absolute Gasteiger partial charge is 0.276 e. The SMILES string of the molecule is COc1cccc(/C=N\NC(=O)c2cccn(Cc3ccc(C(C)(C)C)cc3)c2=O)c1. The summed E-state index contributed by atoms with van der Waals surface area (Å²) in [5, 5.41) is 3.95. The van der Waals surface area contributed by atoms with Crippen LogP contribution in [-0.2, 0) is 12.0 Å². The maximum Gasteiger partial charge on any atom is 0.276 e. The number of hydrazone groups is 1. The summed E-state index contributed by atoms with van der Waals surface area (Å²) in [5.41, 5.74) is 5.14. The third kappa shape index (κ3) is 5.69. The Kier molecular flexibility index (Phi) is 6.70. The van der Waals surface area contributed by atoms with E-state index in [1.54, 1.807) is 25.4 Å². The highest BCUT2D eigenvalue weighted by Gasteiger charge is 2.14. The highest BCUT2D eigenvalue weighted by molar-refractivity contribution is 5.94. The predicted molar refractivity (Wildman–Crippen MR) is 123 cm³/mol. The first kappa shape index (κ1) is 22.0. The molecule has 3 rings (SSSR count). The monoisotopic (exact) mass is 417 g/mol. The van der Waals surface area contributed by atoms with E-state index in [9.17, 15) is 9.59 Å².